The van der Waals surface area contributed by atoms with Crippen molar-refractivity contribution in [1.82, 2.24) is 0 Å². The summed E-state index contributed by atoms with van der Waals surface area (Å²) in [5.41, 5.74) is 1.20. The van der Waals surface area contributed by atoms with Gasteiger partial charge in [0, 0.05) is 9.51 Å². The van der Waals surface area contributed by atoms with E-state index in [0.29, 0.717) is 15.1 Å². The highest BCUT2D eigenvalue weighted by Gasteiger charge is 2.13. The molecule has 5 heteroatoms. The summed E-state index contributed by atoms with van der Waals surface area (Å²) in [6.07, 6.45) is 3.10. The third kappa shape index (κ3) is 4.20. The Balaban J connectivity index is 3.02. The van der Waals surface area contributed by atoms with Gasteiger partial charge in [-0.3, -0.25) is 0 Å². The first-order valence-corrected chi connectivity index (χ1v) is 6.20. The van der Waals surface area contributed by atoms with Crippen LogP contribution in [0.3, 0.4) is 0 Å². The minimum atomic E-state index is -0.478. The van der Waals surface area contributed by atoms with E-state index >= 15 is 0 Å². The third-order valence-electron chi connectivity index (χ3n) is 2.06. The van der Waals surface area contributed by atoms with Crippen LogP contribution in [0.5, 0.6) is 0 Å². The molecule has 0 unspecified atom stereocenters. The Morgan fingerprint density at radius 1 is 1.28 bits per heavy atom. The fourth-order valence-electron chi connectivity index (χ4n) is 1.21. The molecule has 0 aromatic heterocycles. The van der Waals surface area contributed by atoms with Gasteiger partial charge in [0.05, 0.1) is 20.5 Å². The highest BCUT2D eigenvalue weighted by Crippen LogP contribution is 2.22. The average molecular weight is 332 g/mol. The minimum Gasteiger partial charge on any atom is -0.503 e. The number of methoxy groups -OCH3 is 2. The van der Waals surface area contributed by atoms with Crippen LogP contribution < -0.4 is 0 Å². The van der Waals surface area contributed by atoms with Gasteiger partial charge >= 0.3 is 5.97 Å². The summed E-state index contributed by atoms with van der Waals surface area (Å²) in [6, 6.07) is 7.22. The molecule has 0 N–H and O–H groups in total. The Labute approximate surface area is 119 Å². The number of benzene rings is 1. The van der Waals surface area contributed by atoms with Crippen LogP contribution in [-0.2, 0) is 14.3 Å². The molecule has 0 radical (unpaired) electrons. The first-order valence-electron chi connectivity index (χ1n) is 5.03. The van der Waals surface area contributed by atoms with Crippen molar-refractivity contribution in [3.63, 3.8) is 0 Å². The first-order chi connectivity index (χ1) is 8.58. The molecule has 0 bridgehead atoms. The molecule has 0 atom stereocenters. The molecule has 0 saturated heterocycles. The summed E-state index contributed by atoms with van der Waals surface area (Å²) < 4.78 is 10.1. The van der Waals surface area contributed by atoms with Gasteiger partial charge < -0.3 is 9.47 Å². The third-order valence-corrected chi connectivity index (χ3v) is 2.97. The lowest BCUT2D eigenvalue weighted by atomic mass is 10.1. The molecule has 0 heterocycles. The van der Waals surface area contributed by atoms with E-state index in [4.69, 9.17) is 16.3 Å². The number of rotatable bonds is 4. The van der Waals surface area contributed by atoms with E-state index < -0.39 is 5.97 Å². The predicted octanol–water partition coefficient (Wildman–Crippen LogP) is 3.78. The van der Waals surface area contributed by atoms with E-state index in [1.165, 1.54) is 20.5 Å². The predicted molar refractivity (Wildman–Crippen MR) is 75.5 cm³/mol. The van der Waals surface area contributed by atoms with E-state index in [-0.39, 0.29) is 0 Å². The summed E-state index contributed by atoms with van der Waals surface area (Å²) in [5, 5.41) is 0.656. The number of ether oxygens (including phenoxy) is 2. The maximum absolute atomic E-state index is 11.5. The van der Waals surface area contributed by atoms with Gasteiger partial charge in [-0.15, -0.1) is 0 Å². The maximum Gasteiger partial charge on any atom is 0.342 e. The smallest absolute Gasteiger partial charge is 0.342 e. The van der Waals surface area contributed by atoms with Crippen LogP contribution in [-0.4, -0.2) is 20.2 Å². The van der Waals surface area contributed by atoms with Gasteiger partial charge in [-0.25, -0.2) is 4.79 Å². The molecule has 0 fully saturated rings. The Hall–Kier alpha value is -1.26. The fraction of sp³-hybridized carbons (Fsp3) is 0.154. The number of hydrogen-bond acceptors (Lipinski definition) is 3. The highest BCUT2D eigenvalue weighted by molar-refractivity contribution is 9.12. The molecule has 0 amide bonds. The zero-order chi connectivity index (χ0) is 13.5. The van der Waals surface area contributed by atoms with Crippen molar-refractivity contribution in [2.75, 3.05) is 14.2 Å². The van der Waals surface area contributed by atoms with E-state index in [1.807, 2.05) is 12.1 Å². The Bertz CT molecular complexity index is 478. The normalized spacial score (nSPS) is 12.2. The molecule has 0 aliphatic carbocycles. The van der Waals surface area contributed by atoms with Gasteiger partial charge in [0.1, 0.15) is 5.57 Å². The van der Waals surface area contributed by atoms with E-state index in [1.54, 1.807) is 18.2 Å². The van der Waals surface area contributed by atoms with E-state index in [0.717, 1.165) is 5.56 Å². The lowest BCUT2D eigenvalue weighted by Gasteiger charge is -2.04. The van der Waals surface area contributed by atoms with Crippen molar-refractivity contribution >= 4 is 39.6 Å². The molecular formula is C13H12BrClO3. The summed E-state index contributed by atoms with van der Waals surface area (Å²) >= 11 is 9.12. The van der Waals surface area contributed by atoms with Crippen LogP contribution in [0.1, 0.15) is 5.56 Å². The van der Waals surface area contributed by atoms with Gasteiger partial charge in [-0.2, -0.15) is 0 Å². The Kier molecular flexibility index (Phi) is 5.95. The zero-order valence-corrected chi connectivity index (χ0v) is 12.3. The SMILES string of the molecule is COC=C(C(=O)OC)C(Br)=Cc1ccc(Cl)cc1. The standard InChI is InChI=1S/C13H12BrClO3/c1-17-8-11(13(16)18-2)12(14)7-9-3-5-10(15)6-4-9/h3-8H,1-2H3. The highest BCUT2D eigenvalue weighted by atomic mass is 79.9. The van der Waals surface area contributed by atoms with Crippen molar-refractivity contribution in [3.8, 4) is 0 Å². The van der Waals surface area contributed by atoms with Crippen molar-refractivity contribution in [1.29, 1.82) is 0 Å². The maximum atomic E-state index is 11.5. The van der Waals surface area contributed by atoms with Crippen LogP contribution in [0.4, 0.5) is 0 Å². The van der Waals surface area contributed by atoms with Gasteiger partial charge in [0.2, 0.25) is 0 Å². The van der Waals surface area contributed by atoms with Crippen molar-refractivity contribution in [3.05, 3.63) is 51.2 Å². The van der Waals surface area contributed by atoms with E-state index in [2.05, 4.69) is 20.7 Å². The second kappa shape index (κ2) is 7.24. The van der Waals surface area contributed by atoms with Crippen molar-refractivity contribution in [2.45, 2.75) is 0 Å². The monoisotopic (exact) mass is 330 g/mol. The molecule has 1 aromatic rings. The first kappa shape index (κ1) is 14.8. The largest absolute Gasteiger partial charge is 0.503 e. The molecule has 1 aromatic carbocycles. The fourth-order valence-corrected chi connectivity index (χ4v) is 1.86. The van der Waals surface area contributed by atoms with Crippen molar-refractivity contribution < 1.29 is 14.3 Å². The topological polar surface area (TPSA) is 35.5 Å². The zero-order valence-electron chi connectivity index (χ0n) is 9.94. The molecule has 0 spiro atoms. The Morgan fingerprint density at radius 2 is 1.89 bits per heavy atom. The molecule has 18 heavy (non-hydrogen) atoms. The molecule has 0 saturated carbocycles. The van der Waals surface area contributed by atoms with Crippen LogP contribution in [0, 0.1) is 0 Å². The molecule has 96 valence electrons. The van der Waals surface area contributed by atoms with Crippen LogP contribution in [0.15, 0.2) is 40.6 Å². The molecule has 0 aliphatic heterocycles. The summed E-state index contributed by atoms with van der Waals surface area (Å²) in [7, 11) is 2.78. The summed E-state index contributed by atoms with van der Waals surface area (Å²) in [5.74, 6) is -0.478. The lowest BCUT2D eigenvalue weighted by molar-refractivity contribution is -0.135. The number of halogens is 2. The van der Waals surface area contributed by atoms with Gasteiger partial charge in [0.25, 0.3) is 0 Å². The summed E-state index contributed by atoms with van der Waals surface area (Å²) in [6.45, 7) is 0. The number of carbonyl (C=O) groups excluding carboxylic acids is 1. The van der Waals surface area contributed by atoms with Gasteiger partial charge in [-0.1, -0.05) is 23.7 Å². The Morgan fingerprint density at radius 3 is 2.39 bits per heavy atom. The van der Waals surface area contributed by atoms with Gasteiger partial charge in [-0.05, 0) is 39.7 Å². The lowest BCUT2D eigenvalue weighted by Crippen LogP contribution is -2.05. The second-order valence-electron chi connectivity index (χ2n) is 3.30. The molecular weight excluding hydrogens is 319 g/mol. The number of esters is 1. The average Bonchev–Trinajstić information content (AvgIpc) is 2.37. The van der Waals surface area contributed by atoms with Crippen LogP contribution in [0.25, 0.3) is 6.08 Å². The van der Waals surface area contributed by atoms with Crippen molar-refractivity contribution in [2.24, 2.45) is 0 Å². The minimum absolute atomic E-state index is 0.301. The molecule has 0 aliphatic rings. The number of hydrogen-bond donors (Lipinski definition) is 0. The molecule has 1 rings (SSSR count). The molecule has 3 nitrogen and oxygen atoms in total. The number of carbonyl (C=O) groups is 1. The van der Waals surface area contributed by atoms with E-state index in [9.17, 15) is 4.79 Å². The second-order valence-corrected chi connectivity index (χ2v) is 4.59. The van der Waals surface area contributed by atoms with Crippen LogP contribution >= 0.6 is 27.5 Å². The quantitative estimate of drug-likeness (QED) is 0.364. The van der Waals surface area contributed by atoms with Gasteiger partial charge in [0.15, 0.2) is 0 Å². The summed E-state index contributed by atoms with van der Waals surface area (Å²) in [4.78, 5) is 11.5. The van der Waals surface area contributed by atoms with Crippen LogP contribution in [0.2, 0.25) is 5.02 Å².